The average molecular weight is 457 g/mol. The molecule has 1 aromatic carbocycles. The van der Waals surface area contributed by atoms with Crippen molar-refractivity contribution in [2.24, 2.45) is 17.8 Å². The summed E-state index contributed by atoms with van der Waals surface area (Å²) >= 11 is 0. The minimum absolute atomic E-state index is 0.0316. The van der Waals surface area contributed by atoms with Crippen molar-refractivity contribution in [2.45, 2.75) is 84.2 Å². The minimum atomic E-state index is -0.426. The van der Waals surface area contributed by atoms with E-state index in [9.17, 15) is 9.59 Å². The van der Waals surface area contributed by atoms with Gasteiger partial charge in [-0.1, -0.05) is 39.2 Å². The summed E-state index contributed by atoms with van der Waals surface area (Å²) in [6.45, 7) is 7.83. The van der Waals surface area contributed by atoms with Crippen LogP contribution in [-0.2, 0) is 14.3 Å². The highest BCUT2D eigenvalue weighted by Crippen LogP contribution is 2.41. The third-order valence-electron chi connectivity index (χ3n) is 7.27. The molecule has 2 aliphatic rings. The molecule has 0 amide bonds. The predicted octanol–water partition coefficient (Wildman–Crippen LogP) is 6.51. The van der Waals surface area contributed by atoms with E-state index in [1.54, 1.807) is 31.2 Å². The predicted molar refractivity (Wildman–Crippen MR) is 129 cm³/mol. The molecule has 2 fully saturated rings. The minimum Gasteiger partial charge on any atom is -0.490 e. The summed E-state index contributed by atoms with van der Waals surface area (Å²) in [7, 11) is 0. The fourth-order valence-corrected chi connectivity index (χ4v) is 5.36. The van der Waals surface area contributed by atoms with Crippen molar-refractivity contribution in [1.82, 2.24) is 0 Å². The highest BCUT2D eigenvalue weighted by atomic mass is 16.6. The van der Waals surface area contributed by atoms with Gasteiger partial charge < -0.3 is 14.2 Å². The van der Waals surface area contributed by atoms with Gasteiger partial charge in [0.15, 0.2) is 0 Å². The lowest BCUT2D eigenvalue weighted by molar-refractivity contribution is -0.139. The number of ether oxygens (including phenoxy) is 3. The van der Waals surface area contributed by atoms with Gasteiger partial charge in [-0.15, -0.1) is 0 Å². The van der Waals surface area contributed by atoms with Crippen LogP contribution in [0, 0.1) is 17.8 Å². The van der Waals surface area contributed by atoms with Gasteiger partial charge in [0.25, 0.3) is 0 Å². The van der Waals surface area contributed by atoms with Gasteiger partial charge in [0, 0.05) is 5.57 Å². The van der Waals surface area contributed by atoms with Crippen LogP contribution < -0.4 is 4.74 Å². The number of benzene rings is 1. The first kappa shape index (κ1) is 25.3. The molecule has 0 unspecified atom stereocenters. The molecule has 0 aromatic heterocycles. The maximum absolute atomic E-state index is 12.6. The lowest BCUT2D eigenvalue weighted by Crippen LogP contribution is -2.29. The third-order valence-corrected chi connectivity index (χ3v) is 7.27. The van der Waals surface area contributed by atoms with Gasteiger partial charge in [-0.2, -0.15) is 0 Å². The molecule has 0 spiro atoms. The maximum atomic E-state index is 12.6. The van der Waals surface area contributed by atoms with Crippen LogP contribution in [0.15, 0.2) is 36.4 Å². The molecule has 182 valence electrons. The fourth-order valence-electron chi connectivity index (χ4n) is 5.36. The first-order valence-electron chi connectivity index (χ1n) is 12.7. The van der Waals surface area contributed by atoms with Crippen LogP contribution in [0.3, 0.4) is 0 Å². The summed E-state index contributed by atoms with van der Waals surface area (Å²) in [4.78, 5) is 23.9. The Hall–Kier alpha value is -2.30. The Bertz CT molecular complexity index is 768. The molecule has 2 aliphatic carbocycles. The maximum Gasteiger partial charge on any atom is 0.338 e. The molecule has 1 aromatic rings. The van der Waals surface area contributed by atoms with Crippen molar-refractivity contribution >= 4 is 11.9 Å². The molecule has 0 bridgehead atoms. The van der Waals surface area contributed by atoms with Crippen LogP contribution in [0.5, 0.6) is 5.75 Å². The van der Waals surface area contributed by atoms with Crippen molar-refractivity contribution in [3.63, 3.8) is 0 Å². The molecular weight excluding hydrogens is 416 g/mol. The molecular formula is C28H40O5. The largest absolute Gasteiger partial charge is 0.490 e. The van der Waals surface area contributed by atoms with E-state index in [1.165, 1.54) is 51.4 Å². The second kappa shape index (κ2) is 12.8. The SMILES string of the molecule is C=C(C)C(=O)OCCOc1ccc(C(=O)OC2CCC(C3CCC(CCC)CC3)CC2)cc1. The zero-order valence-corrected chi connectivity index (χ0v) is 20.4. The van der Waals surface area contributed by atoms with E-state index in [4.69, 9.17) is 14.2 Å². The van der Waals surface area contributed by atoms with E-state index in [2.05, 4.69) is 13.5 Å². The second-order valence-corrected chi connectivity index (χ2v) is 9.80. The van der Waals surface area contributed by atoms with Gasteiger partial charge in [-0.05, 0) is 87.5 Å². The van der Waals surface area contributed by atoms with E-state index in [0.29, 0.717) is 16.9 Å². The number of esters is 2. The highest BCUT2D eigenvalue weighted by molar-refractivity contribution is 5.89. The van der Waals surface area contributed by atoms with E-state index in [-0.39, 0.29) is 25.3 Å². The van der Waals surface area contributed by atoms with Gasteiger partial charge in [-0.3, -0.25) is 0 Å². The lowest BCUT2D eigenvalue weighted by Gasteiger charge is -2.37. The lowest BCUT2D eigenvalue weighted by atomic mass is 9.70. The van der Waals surface area contributed by atoms with Crippen LogP contribution in [-0.4, -0.2) is 31.3 Å². The van der Waals surface area contributed by atoms with E-state index < -0.39 is 5.97 Å². The smallest absolute Gasteiger partial charge is 0.338 e. The summed E-state index contributed by atoms with van der Waals surface area (Å²) in [5.41, 5.74) is 0.897. The zero-order valence-electron chi connectivity index (χ0n) is 20.4. The van der Waals surface area contributed by atoms with Gasteiger partial charge in [0.2, 0.25) is 0 Å². The molecule has 0 saturated heterocycles. The summed E-state index contributed by atoms with van der Waals surface area (Å²) in [5.74, 6) is 2.58. The van der Waals surface area contributed by atoms with Crippen LogP contribution in [0.25, 0.3) is 0 Å². The van der Waals surface area contributed by atoms with E-state index in [1.807, 2.05) is 0 Å². The number of hydrogen-bond donors (Lipinski definition) is 0. The first-order valence-corrected chi connectivity index (χ1v) is 12.7. The van der Waals surface area contributed by atoms with E-state index in [0.717, 1.165) is 30.6 Å². The Morgan fingerprint density at radius 1 is 0.909 bits per heavy atom. The molecule has 5 heteroatoms. The number of rotatable bonds is 10. The van der Waals surface area contributed by atoms with Crippen LogP contribution in [0.1, 0.15) is 88.4 Å². The van der Waals surface area contributed by atoms with Crippen molar-refractivity contribution in [2.75, 3.05) is 13.2 Å². The monoisotopic (exact) mass is 456 g/mol. The third kappa shape index (κ3) is 7.90. The molecule has 3 rings (SSSR count). The summed E-state index contributed by atoms with van der Waals surface area (Å²) in [6.07, 6.45) is 12.7. The van der Waals surface area contributed by atoms with Gasteiger partial charge >= 0.3 is 11.9 Å². The van der Waals surface area contributed by atoms with Crippen molar-refractivity contribution in [3.05, 3.63) is 42.0 Å². The summed E-state index contributed by atoms with van der Waals surface area (Å²) < 4.78 is 16.3. The van der Waals surface area contributed by atoms with Gasteiger partial charge in [0.1, 0.15) is 25.1 Å². The zero-order chi connectivity index (χ0) is 23.6. The Morgan fingerprint density at radius 3 is 2.09 bits per heavy atom. The molecule has 0 aliphatic heterocycles. The highest BCUT2D eigenvalue weighted by Gasteiger charge is 2.31. The Balaban J connectivity index is 1.35. The first-order chi connectivity index (χ1) is 16.0. The number of hydrogen-bond acceptors (Lipinski definition) is 5. The van der Waals surface area contributed by atoms with Gasteiger partial charge in [0.05, 0.1) is 5.56 Å². The molecule has 5 nitrogen and oxygen atoms in total. The Morgan fingerprint density at radius 2 is 1.52 bits per heavy atom. The summed E-state index contributed by atoms with van der Waals surface area (Å²) in [6, 6.07) is 6.92. The topological polar surface area (TPSA) is 61.8 Å². The van der Waals surface area contributed by atoms with Crippen molar-refractivity contribution in [3.8, 4) is 5.75 Å². The second-order valence-electron chi connectivity index (χ2n) is 9.80. The standard InChI is InChI=1S/C28H40O5/c1-4-5-21-6-8-22(9-7-21)23-10-16-26(17-11-23)33-28(30)24-12-14-25(15-13-24)31-18-19-32-27(29)20(2)3/h12-15,21-23,26H,2,4-11,16-19H2,1,3H3. The number of carbonyl (C=O) groups is 2. The average Bonchev–Trinajstić information content (AvgIpc) is 2.83. The molecule has 0 radical (unpaired) electrons. The molecule has 0 heterocycles. The van der Waals surface area contributed by atoms with Crippen LogP contribution in [0.2, 0.25) is 0 Å². The van der Waals surface area contributed by atoms with Crippen molar-refractivity contribution < 1.29 is 23.8 Å². The summed E-state index contributed by atoms with van der Waals surface area (Å²) in [5, 5.41) is 0. The molecule has 33 heavy (non-hydrogen) atoms. The van der Waals surface area contributed by atoms with Crippen LogP contribution in [0.4, 0.5) is 0 Å². The van der Waals surface area contributed by atoms with Gasteiger partial charge in [-0.25, -0.2) is 9.59 Å². The quantitative estimate of drug-likeness (QED) is 0.228. The van der Waals surface area contributed by atoms with Crippen molar-refractivity contribution in [1.29, 1.82) is 0 Å². The molecule has 2 saturated carbocycles. The fraction of sp³-hybridized carbons (Fsp3) is 0.643. The Labute approximate surface area is 198 Å². The number of carbonyl (C=O) groups excluding carboxylic acids is 2. The van der Waals surface area contributed by atoms with E-state index >= 15 is 0 Å². The molecule has 0 atom stereocenters. The normalized spacial score (nSPS) is 25.2. The molecule has 0 N–H and O–H groups in total. The van der Waals surface area contributed by atoms with Crippen LogP contribution >= 0.6 is 0 Å². The Kier molecular flexibility index (Phi) is 9.83.